The highest BCUT2D eigenvalue weighted by Gasteiger charge is 2.22. The number of hydrogen-bond donors (Lipinski definition) is 2. The Bertz CT molecular complexity index is 868. The maximum atomic E-state index is 13.0. The quantitative estimate of drug-likeness (QED) is 0.549. The first-order chi connectivity index (χ1) is 15.1. The van der Waals surface area contributed by atoms with Gasteiger partial charge in [-0.3, -0.25) is 4.79 Å². The van der Waals surface area contributed by atoms with E-state index in [0.29, 0.717) is 36.9 Å². The molecule has 1 aliphatic heterocycles. The van der Waals surface area contributed by atoms with Gasteiger partial charge in [0, 0.05) is 18.1 Å². The highest BCUT2D eigenvalue weighted by molar-refractivity contribution is 7.98. The lowest BCUT2D eigenvalue weighted by atomic mass is 9.96. The summed E-state index contributed by atoms with van der Waals surface area (Å²) < 4.78 is 11.3. The van der Waals surface area contributed by atoms with Crippen molar-refractivity contribution in [2.75, 3.05) is 31.8 Å². The molecule has 1 saturated heterocycles. The Hall–Kier alpha value is -2.35. The molecule has 166 valence electrons. The summed E-state index contributed by atoms with van der Waals surface area (Å²) in [5, 5.41) is 12.1. The highest BCUT2D eigenvalue weighted by Crippen LogP contribution is 2.26. The normalized spacial score (nSPS) is 16.7. The van der Waals surface area contributed by atoms with Crippen molar-refractivity contribution in [1.82, 2.24) is 5.32 Å². The molecule has 1 heterocycles. The second-order valence-corrected chi connectivity index (χ2v) is 8.62. The monoisotopic (exact) mass is 443 g/mol. The lowest BCUT2D eigenvalue weighted by molar-refractivity contribution is -0.139. The first-order valence-electron chi connectivity index (χ1n) is 10.4. The molecule has 0 saturated carbocycles. The average Bonchev–Trinajstić information content (AvgIpc) is 3.30. The van der Waals surface area contributed by atoms with Crippen molar-refractivity contribution in [2.45, 2.75) is 25.5 Å². The van der Waals surface area contributed by atoms with Crippen LogP contribution in [-0.4, -0.2) is 54.9 Å². The number of carboxylic acid groups (broad SMARTS) is 1. The van der Waals surface area contributed by atoms with E-state index in [2.05, 4.69) is 5.32 Å². The highest BCUT2D eigenvalue weighted by atomic mass is 32.2. The summed E-state index contributed by atoms with van der Waals surface area (Å²) in [6, 6.07) is 14.3. The zero-order chi connectivity index (χ0) is 22.1. The molecule has 0 radical (unpaired) electrons. The molecule has 31 heavy (non-hydrogen) atoms. The third kappa shape index (κ3) is 6.82. The number of amides is 1. The van der Waals surface area contributed by atoms with Crippen molar-refractivity contribution < 1.29 is 24.2 Å². The molecule has 1 aliphatic rings. The Morgan fingerprint density at radius 2 is 2.06 bits per heavy atom. The topological polar surface area (TPSA) is 84.9 Å². The molecule has 0 aliphatic carbocycles. The number of benzene rings is 2. The Labute approximate surface area is 187 Å². The largest absolute Gasteiger partial charge is 0.480 e. The van der Waals surface area contributed by atoms with Gasteiger partial charge in [0.15, 0.2) is 0 Å². The zero-order valence-corrected chi connectivity index (χ0v) is 18.5. The van der Waals surface area contributed by atoms with Crippen LogP contribution in [0.3, 0.4) is 0 Å². The predicted molar refractivity (Wildman–Crippen MR) is 122 cm³/mol. The number of carbonyl (C=O) groups excluding carboxylic acids is 1. The van der Waals surface area contributed by atoms with E-state index in [0.717, 1.165) is 36.3 Å². The minimum absolute atomic E-state index is 0.375. The molecule has 6 nitrogen and oxygen atoms in total. The van der Waals surface area contributed by atoms with Crippen LogP contribution in [0.4, 0.5) is 0 Å². The van der Waals surface area contributed by atoms with Crippen LogP contribution in [0.5, 0.6) is 0 Å². The van der Waals surface area contributed by atoms with Crippen LogP contribution in [0.15, 0.2) is 48.5 Å². The summed E-state index contributed by atoms with van der Waals surface area (Å²) in [7, 11) is 0. The van der Waals surface area contributed by atoms with Crippen LogP contribution >= 0.6 is 11.8 Å². The summed E-state index contributed by atoms with van der Waals surface area (Å²) in [4.78, 5) is 24.5. The minimum Gasteiger partial charge on any atom is -0.480 e. The molecule has 0 bridgehead atoms. The number of carboxylic acids is 1. The summed E-state index contributed by atoms with van der Waals surface area (Å²) in [5.41, 5.74) is 3.08. The second-order valence-electron chi connectivity index (χ2n) is 7.64. The molecule has 0 aromatic heterocycles. The molecule has 1 amide bonds. The first kappa shape index (κ1) is 23.3. The summed E-state index contributed by atoms with van der Waals surface area (Å²) in [6.45, 7) is 2.64. The first-order valence-corrected chi connectivity index (χ1v) is 11.8. The van der Waals surface area contributed by atoms with E-state index in [-0.39, 0.29) is 5.91 Å². The van der Waals surface area contributed by atoms with Gasteiger partial charge >= 0.3 is 5.97 Å². The fourth-order valence-corrected chi connectivity index (χ4v) is 3.99. The summed E-state index contributed by atoms with van der Waals surface area (Å²) in [6.07, 6.45) is 3.31. The van der Waals surface area contributed by atoms with Gasteiger partial charge < -0.3 is 19.9 Å². The van der Waals surface area contributed by atoms with Crippen LogP contribution in [-0.2, 0) is 20.9 Å². The van der Waals surface area contributed by atoms with Gasteiger partial charge in [-0.25, -0.2) is 4.79 Å². The van der Waals surface area contributed by atoms with Crippen molar-refractivity contribution in [2.24, 2.45) is 5.92 Å². The fraction of sp³-hybridized carbons (Fsp3) is 0.417. The van der Waals surface area contributed by atoms with E-state index in [1.165, 1.54) is 0 Å². The predicted octanol–water partition coefficient (Wildman–Crippen LogP) is 3.84. The lowest BCUT2D eigenvalue weighted by Crippen LogP contribution is -2.41. The third-order valence-electron chi connectivity index (χ3n) is 5.27. The Kier molecular flexibility index (Phi) is 8.94. The minimum atomic E-state index is -1.02. The second kappa shape index (κ2) is 11.9. The van der Waals surface area contributed by atoms with Crippen molar-refractivity contribution >= 4 is 23.6 Å². The van der Waals surface area contributed by atoms with E-state index in [9.17, 15) is 14.7 Å². The van der Waals surface area contributed by atoms with Crippen molar-refractivity contribution in [1.29, 1.82) is 0 Å². The molecular weight excluding hydrogens is 414 g/mol. The van der Waals surface area contributed by atoms with Crippen LogP contribution in [0.1, 0.15) is 28.8 Å². The molecular formula is C24H29NO5S. The van der Waals surface area contributed by atoms with Crippen LogP contribution < -0.4 is 5.32 Å². The molecule has 3 rings (SSSR count). The SMILES string of the molecule is CSCCC(NC(=O)c1ccc(COCC2CCOC2)cc1-c1ccccc1)C(=O)O. The van der Waals surface area contributed by atoms with Gasteiger partial charge in [-0.05, 0) is 53.7 Å². The van der Waals surface area contributed by atoms with E-state index >= 15 is 0 Å². The molecule has 0 spiro atoms. The zero-order valence-electron chi connectivity index (χ0n) is 17.7. The number of hydrogen-bond acceptors (Lipinski definition) is 5. The Morgan fingerprint density at radius 1 is 1.26 bits per heavy atom. The number of nitrogens with one attached hydrogen (secondary N) is 1. The molecule has 2 atom stereocenters. The van der Waals surface area contributed by atoms with E-state index in [1.54, 1.807) is 17.8 Å². The smallest absolute Gasteiger partial charge is 0.326 e. The summed E-state index contributed by atoms with van der Waals surface area (Å²) >= 11 is 1.55. The molecule has 7 heteroatoms. The number of rotatable bonds is 11. The number of aliphatic carboxylic acids is 1. The maximum absolute atomic E-state index is 13.0. The standard InChI is InChI=1S/C24H29NO5S/c1-31-12-10-22(24(27)28)25-23(26)20-8-7-17(14-30-16-18-9-11-29-15-18)13-21(20)19-5-3-2-4-6-19/h2-8,13,18,22H,9-12,14-16H2,1H3,(H,25,26)(H,27,28). The lowest BCUT2D eigenvalue weighted by Gasteiger charge is -2.17. The van der Waals surface area contributed by atoms with E-state index in [1.807, 2.05) is 48.7 Å². The molecule has 2 unspecified atom stereocenters. The van der Waals surface area contributed by atoms with E-state index < -0.39 is 12.0 Å². The van der Waals surface area contributed by atoms with Crippen LogP contribution in [0, 0.1) is 5.92 Å². The number of thioether (sulfide) groups is 1. The van der Waals surface area contributed by atoms with Gasteiger partial charge in [-0.2, -0.15) is 11.8 Å². The Balaban J connectivity index is 1.78. The molecule has 2 N–H and O–H groups in total. The van der Waals surface area contributed by atoms with Gasteiger partial charge in [0.25, 0.3) is 5.91 Å². The van der Waals surface area contributed by atoms with Crippen molar-refractivity contribution in [3.63, 3.8) is 0 Å². The van der Waals surface area contributed by atoms with Gasteiger partial charge in [0.05, 0.1) is 19.8 Å². The molecule has 2 aromatic carbocycles. The van der Waals surface area contributed by atoms with E-state index in [4.69, 9.17) is 9.47 Å². The number of ether oxygens (including phenoxy) is 2. The maximum Gasteiger partial charge on any atom is 0.326 e. The van der Waals surface area contributed by atoms with Gasteiger partial charge in [-0.15, -0.1) is 0 Å². The van der Waals surface area contributed by atoms with Gasteiger partial charge in [-0.1, -0.05) is 36.4 Å². The average molecular weight is 444 g/mol. The number of carbonyl (C=O) groups is 2. The molecule has 2 aromatic rings. The van der Waals surface area contributed by atoms with Crippen molar-refractivity contribution in [3.8, 4) is 11.1 Å². The molecule has 1 fully saturated rings. The van der Waals surface area contributed by atoms with Crippen LogP contribution in [0.2, 0.25) is 0 Å². The fourth-order valence-electron chi connectivity index (χ4n) is 3.52. The Morgan fingerprint density at radius 3 is 2.74 bits per heavy atom. The van der Waals surface area contributed by atoms with Crippen LogP contribution in [0.25, 0.3) is 11.1 Å². The third-order valence-corrected chi connectivity index (χ3v) is 5.92. The van der Waals surface area contributed by atoms with Crippen molar-refractivity contribution in [3.05, 3.63) is 59.7 Å². The summed E-state index contributed by atoms with van der Waals surface area (Å²) in [5.74, 6) is -0.314. The van der Waals surface area contributed by atoms with Gasteiger partial charge in [0.1, 0.15) is 6.04 Å². The van der Waals surface area contributed by atoms with Gasteiger partial charge in [0.2, 0.25) is 0 Å².